The number of carbonyl (C=O) groups is 12. The average molecular weight is 1270 g/mol. The first-order chi connectivity index (χ1) is 41.4. The van der Waals surface area contributed by atoms with E-state index in [1.807, 2.05) is 0 Å². The smallest absolute Gasteiger partial charge is 0.430 e. The highest BCUT2D eigenvalue weighted by Gasteiger charge is 2.53. The number of rotatable bonds is 34. The van der Waals surface area contributed by atoms with Gasteiger partial charge in [-0.15, -0.1) is 0 Å². The van der Waals surface area contributed by atoms with E-state index >= 15 is 0 Å². The van der Waals surface area contributed by atoms with E-state index in [9.17, 15) is 65.9 Å². The molecule has 10 atom stereocenters. The zero-order valence-electron chi connectivity index (χ0n) is 49.5. The predicted molar refractivity (Wildman–Crippen MR) is 282 cm³/mol. The minimum atomic E-state index is -5.19. The van der Waals surface area contributed by atoms with Gasteiger partial charge in [0.25, 0.3) is 17.7 Å². The largest absolute Gasteiger partial charge is 0.542 e. The molecule has 0 saturated carbocycles. The first-order valence-corrected chi connectivity index (χ1v) is 26.9. The number of esters is 6. The van der Waals surface area contributed by atoms with E-state index < -0.39 is 152 Å². The number of hydrogen-bond donors (Lipinski definition) is 6. The molecule has 1 aromatic rings. The Hall–Kier alpha value is -7.71. The van der Waals surface area contributed by atoms with Crippen molar-refractivity contribution >= 4 is 77.0 Å². The Kier molecular flexibility index (Phi) is 34.7. The zero-order chi connectivity index (χ0) is 66.1. The molecule has 0 spiro atoms. The van der Waals surface area contributed by atoms with Gasteiger partial charge in [0.05, 0.1) is 66.1 Å². The minimum absolute atomic E-state index is 0.00347. The second kappa shape index (κ2) is 40.0. The standard InChI is InChI=1S/C50H74N6O25.C2HF3O2/c1-27(57)54-41-45(78-33(7)63)43(76-31(5)61)38(25-74-29(3)59)80-49(41)72-19-17-70-15-13-68-11-9-52-47(66)35-21-36(23-37(22-35)56-40(65)24-51)48(67)53-10-12-69-14-16-71-18-20-73-50-42(55-28(2)58)46(79-34(8)64)44(77-32(6)62)39(81-50)26-75-30(4)60;3-2(4,5)1(6)7/h21-23,38-39,41-46,49-50H,9-20,24-26,51H2,1-8H3,(H,52,66)(H,53,67)(H,54,57)(H,55,58)(H,56,65);(H,6,7)/t38-,39+,41-,42+,43+,44-,45-,46+,49?,50?;. The highest BCUT2D eigenvalue weighted by molar-refractivity contribution is 6.02. The third-order valence-electron chi connectivity index (χ3n) is 11.2. The van der Waals surface area contributed by atoms with E-state index in [1.165, 1.54) is 32.0 Å². The van der Waals surface area contributed by atoms with Gasteiger partial charge in [-0.05, 0) is 18.2 Å². The SMILES string of the molecule is CC(=O)N[C@@H]1C(OCCOCCOCCNC(=O)c2cc(NC(=O)C[NH3+])cc(C(=O)NCCOCCOCCOC3O[C@H](COC(C)=O)[C@H](OC(C)=O)[C@H](OC(C)=O)[C@H]3NC(C)=O)c2)O[C@@H](COC(C)=O)[C@@H](OC(C)=O)[C@H]1OC(C)=O.O=C([O-])C(F)(F)F. The number of aliphatic carboxylic acids is 1. The molecule has 88 heavy (non-hydrogen) atoms. The number of benzene rings is 1. The Morgan fingerprint density at radius 3 is 1.14 bits per heavy atom. The van der Waals surface area contributed by atoms with Crippen LogP contribution in [0.5, 0.6) is 0 Å². The zero-order valence-corrected chi connectivity index (χ0v) is 49.5. The molecule has 0 bridgehead atoms. The number of carbonyl (C=O) groups excluding carboxylic acids is 12. The summed E-state index contributed by atoms with van der Waals surface area (Å²) in [5.74, 6) is -10.00. The highest BCUT2D eigenvalue weighted by Crippen LogP contribution is 2.30. The maximum atomic E-state index is 13.2. The Morgan fingerprint density at radius 2 is 0.830 bits per heavy atom. The van der Waals surface area contributed by atoms with Crippen LogP contribution in [0, 0.1) is 0 Å². The molecule has 2 unspecified atom stereocenters. The van der Waals surface area contributed by atoms with Gasteiger partial charge in [0.1, 0.15) is 43.5 Å². The Balaban J connectivity index is 0.00000354. The van der Waals surface area contributed by atoms with Crippen molar-refractivity contribution in [2.75, 3.05) is 104 Å². The maximum absolute atomic E-state index is 13.2. The summed E-state index contributed by atoms with van der Waals surface area (Å²) in [6.45, 7) is 8.77. The Morgan fingerprint density at radius 1 is 0.500 bits per heavy atom. The summed E-state index contributed by atoms with van der Waals surface area (Å²) < 4.78 is 109. The molecular weight excluding hydrogens is 1200 g/mol. The van der Waals surface area contributed by atoms with Crippen LogP contribution in [0.25, 0.3) is 0 Å². The summed E-state index contributed by atoms with van der Waals surface area (Å²) in [5, 5.41) is 22.0. The molecule has 1 aromatic carbocycles. The molecule has 0 aromatic heterocycles. The molecule has 2 fully saturated rings. The van der Waals surface area contributed by atoms with Crippen LogP contribution in [-0.4, -0.2) is 238 Å². The normalized spacial score (nSPS) is 21.3. The van der Waals surface area contributed by atoms with Crippen molar-refractivity contribution in [2.24, 2.45) is 0 Å². The van der Waals surface area contributed by atoms with E-state index in [4.69, 9.17) is 76.2 Å². The molecule has 3 rings (SSSR count). The maximum Gasteiger partial charge on any atom is 0.430 e. The summed E-state index contributed by atoms with van der Waals surface area (Å²) in [5.41, 5.74) is 3.84. The van der Waals surface area contributed by atoms with Gasteiger partial charge in [-0.3, -0.25) is 52.7 Å². The van der Waals surface area contributed by atoms with Crippen molar-refractivity contribution in [3.8, 4) is 0 Å². The van der Waals surface area contributed by atoms with Crippen molar-refractivity contribution in [3.63, 3.8) is 0 Å². The summed E-state index contributed by atoms with van der Waals surface area (Å²) in [6.07, 6.45) is -15.1. The molecular formula is C52H75F3N6O27. The fourth-order valence-electron chi connectivity index (χ4n) is 7.82. The van der Waals surface area contributed by atoms with Crippen LogP contribution >= 0.6 is 0 Å². The van der Waals surface area contributed by atoms with Crippen LogP contribution < -0.4 is 37.4 Å². The molecule has 8 N–H and O–H groups in total. The number of alkyl halides is 3. The van der Waals surface area contributed by atoms with Crippen molar-refractivity contribution in [1.29, 1.82) is 0 Å². The number of halogens is 3. The number of amides is 5. The minimum Gasteiger partial charge on any atom is -0.542 e. The van der Waals surface area contributed by atoms with Crippen LogP contribution in [0.15, 0.2) is 18.2 Å². The van der Waals surface area contributed by atoms with E-state index in [1.54, 1.807) is 0 Å². The monoisotopic (exact) mass is 1270 g/mol. The lowest BCUT2D eigenvalue weighted by Crippen LogP contribution is -2.66. The van der Waals surface area contributed by atoms with E-state index in [0.717, 1.165) is 41.5 Å². The van der Waals surface area contributed by atoms with Crippen LogP contribution in [0.1, 0.15) is 76.1 Å². The Bertz CT molecular complexity index is 2370. The van der Waals surface area contributed by atoms with Crippen LogP contribution in [0.4, 0.5) is 18.9 Å². The van der Waals surface area contributed by atoms with E-state index in [0.29, 0.717) is 0 Å². The molecule has 2 heterocycles. The first kappa shape index (κ1) is 76.4. The molecule has 2 saturated heterocycles. The van der Waals surface area contributed by atoms with Crippen molar-refractivity contribution in [2.45, 2.75) is 123 Å². The van der Waals surface area contributed by atoms with Crippen LogP contribution in [0.2, 0.25) is 0 Å². The third-order valence-corrected chi connectivity index (χ3v) is 11.2. The van der Waals surface area contributed by atoms with Crippen LogP contribution in [0.3, 0.4) is 0 Å². The number of quaternary nitrogens is 1. The molecule has 0 aliphatic carbocycles. The topological polar surface area (TPSA) is 445 Å². The average Bonchev–Trinajstić information content (AvgIpc) is 0.892. The second-order valence-electron chi connectivity index (χ2n) is 18.5. The third kappa shape index (κ3) is 30.3. The fourth-order valence-corrected chi connectivity index (χ4v) is 7.82. The van der Waals surface area contributed by atoms with Gasteiger partial charge < -0.3 is 109 Å². The first-order valence-electron chi connectivity index (χ1n) is 26.9. The summed E-state index contributed by atoms with van der Waals surface area (Å²) in [7, 11) is 0. The molecule has 33 nitrogen and oxygen atoms in total. The van der Waals surface area contributed by atoms with E-state index in [-0.39, 0.29) is 103 Å². The fraction of sp³-hybridized carbons (Fsp3) is 0.654. The predicted octanol–water partition coefficient (Wildman–Crippen LogP) is -3.96. The molecule has 36 heteroatoms. The van der Waals surface area contributed by atoms with Crippen molar-refractivity contribution < 1.29 is 148 Å². The van der Waals surface area contributed by atoms with Gasteiger partial charge in [-0.1, -0.05) is 0 Å². The summed E-state index contributed by atoms with van der Waals surface area (Å²) in [6, 6.07) is 1.83. The Labute approximate surface area is 501 Å². The number of nitrogens with one attached hydrogen (secondary N) is 5. The van der Waals surface area contributed by atoms with Gasteiger partial charge in [0.15, 0.2) is 43.5 Å². The lowest BCUT2D eigenvalue weighted by molar-refractivity contribution is -0.353. The van der Waals surface area contributed by atoms with Crippen LogP contribution in [-0.2, 0) is 114 Å². The van der Waals surface area contributed by atoms with Gasteiger partial charge in [0.2, 0.25) is 11.8 Å². The quantitative estimate of drug-likeness (QED) is 0.0218. The summed E-state index contributed by atoms with van der Waals surface area (Å²) in [4.78, 5) is 143. The van der Waals surface area contributed by atoms with Gasteiger partial charge in [-0.2, -0.15) is 13.2 Å². The van der Waals surface area contributed by atoms with Gasteiger partial charge in [-0.25, -0.2) is 0 Å². The lowest BCUT2D eigenvalue weighted by atomic mass is 9.96. The molecule has 2 aliphatic rings. The molecule has 2 aliphatic heterocycles. The molecule has 5 amide bonds. The molecule has 0 radical (unpaired) electrons. The molecule has 496 valence electrons. The lowest BCUT2D eigenvalue weighted by Gasteiger charge is -2.44. The number of carboxylic acids is 1. The van der Waals surface area contributed by atoms with Gasteiger partial charge >= 0.3 is 42.0 Å². The summed E-state index contributed by atoms with van der Waals surface area (Å²) >= 11 is 0. The van der Waals surface area contributed by atoms with Crippen molar-refractivity contribution in [1.82, 2.24) is 21.3 Å². The van der Waals surface area contributed by atoms with Gasteiger partial charge in [0, 0.05) is 85.3 Å². The highest BCUT2D eigenvalue weighted by atomic mass is 19.4. The number of anilines is 1. The van der Waals surface area contributed by atoms with Crippen molar-refractivity contribution in [3.05, 3.63) is 29.3 Å². The number of carboxylic acid groups (broad SMARTS) is 1. The number of ether oxygens (including phenoxy) is 14. The van der Waals surface area contributed by atoms with E-state index in [2.05, 4.69) is 32.3 Å². The number of hydrogen-bond acceptors (Lipinski definition) is 27. The second-order valence-corrected chi connectivity index (χ2v) is 18.5.